The summed E-state index contributed by atoms with van der Waals surface area (Å²) in [5, 5.41) is 8.50. The van der Waals surface area contributed by atoms with E-state index in [4.69, 9.17) is 9.15 Å². The third-order valence-electron chi connectivity index (χ3n) is 5.64. The molecule has 6 heteroatoms. The normalized spacial score (nSPS) is 18.9. The van der Waals surface area contributed by atoms with Gasteiger partial charge in [-0.1, -0.05) is 24.3 Å². The molecule has 1 fully saturated rings. The van der Waals surface area contributed by atoms with Gasteiger partial charge in [-0.3, -0.25) is 4.79 Å². The lowest BCUT2D eigenvalue weighted by atomic mass is 9.97. The highest BCUT2D eigenvalue weighted by Crippen LogP contribution is 2.34. The molecule has 2 atom stereocenters. The lowest BCUT2D eigenvalue weighted by molar-refractivity contribution is 0.0775. The number of likely N-dealkylation sites (tertiary alicyclic amines) is 1. The number of amides is 1. The van der Waals surface area contributed by atoms with Crippen molar-refractivity contribution in [1.82, 2.24) is 15.1 Å². The molecule has 150 valence electrons. The molecule has 29 heavy (non-hydrogen) atoms. The number of nitrogens with zero attached hydrogens (tertiary/aromatic N) is 3. The predicted molar refractivity (Wildman–Crippen MR) is 110 cm³/mol. The highest BCUT2D eigenvalue weighted by molar-refractivity contribution is 5.94. The van der Waals surface area contributed by atoms with Gasteiger partial charge >= 0.3 is 0 Å². The van der Waals surface area contributed by atoms with Gasteiger partial charge in [-0.2, -0.15) is 0 Å². The van der Waals surface area contributed by atoms with Crippen LogP contribution in [0.4, 0.5) is 0 Å². The van der Waals surface area contributed by atoms with E-state index in [1.165, 1.54) is 5.56 Å². The van der Waals surface area contributed by atoms with Gasteiger partial charge in [0.1, 0.15) is 0 Å². The summed E-state index contributed by atoms with van der Waals surface area (Å²) < 4.78 is 11.4. The second kappa shape index (κ2) is 8.17. The summed E-state index contributed by atoms with van der Waals surface area (Å²) in [5.74, 6) is 1.14. The summed E-state index contributed by atoms with van der Waals surface area (Å²) in [6, 6.07) is 15.5. The number of hydrogen-bond acceptors (Lipinski definition) is 5. The van der Waals surface area contributed by atoms with Crippen molar-refractivity contribution in [3.63, 3.8) is 0 Å². The fourth-order valence-corrected chi connectivity index (χ4v) is 3.84. The van der Waals surface area contributed by atoms with E-state index in [9.17, 15) is 4.79 Å². The van der Waals surface area contributed by atoms with Crippen LogP contribution in [0.3, 0.4) is 0 Å². The van der Waals surface area contributed by atoms with Crippen LogP contribution < -0.4 is 0 Å². The Bertz CT molecular complexity index is 1000. The van der Waals surface area contributed by atoms with E-state index < -0.39 is 0 Å². The Morgan fingerprint density at radius 2 is 1.90 bits per heavy atom. The first-order valence-electron chi connectivity index (χ1n) is 9.81. The van der Waals surface area contributed by atoms with Gasteiger partial charge < -0.3 is 14.1 Å². The summed E-state index contributed by atoms with van der Waals surface area (Å²) in [6.45, 7) is 5.74. The monoisotopic (exact) mass is 391 g/mol. The molecule has 0 bridgehead atoms. The zero-order valence-corrected chi connectivity index (χ0v) is 17.0. The van der Waals surface area contributed by atoms with Gasteiger partial charge in [0.25, 0.3) is 5.91 Å². The van der Waals surface area contributed by atoms with Gasteiger partial charge in [-0.05, 0) is 49.2 Å². The minimum atomic E-state index is -0.0459. The molecule has 2 aromatic carbocycles. The lowest BCUT2D eigenvalue weighted by Gasteiger charge is -2.17. The highest BCUT2D eigenvalue weighted by Gasteiger charge is 2.39. The number of carbonyl (C=O) groups is 1. The quantitative estimate of drug-likeness (QED) is 0.661. The van der Waals surface area contributed by atoms with Gasteiger partial charge in [0.15, 0.2) is 0 Å². The second-order valence-electron chi connectivity index (χ2n) is 7.64. The van der Waals surface area contributed by atoms with Crippen LogP contribution in [0.1, 0.15) is 33.3 Å². The van der Waals surface area contributed by atoms with E-state index in [2.05, 4.69) is 10.2 Å². The SMILES string of the molecule is COCC1CN(C(=O)c2ccc(C)c(C)c2)CC1c1nnc(-c2ccccc2)o1. The summed E-state index contributed by atoms with van der Waals surface area (Å²) >= 11 is 0. The Morgan fingerprint density at radius 1 is 1.10 bits per heavy atom. The molecule has 3 aromatic rings. The number of benzene rings is 2. The van der Waals surface area contributed by atoms with Crippen LogP contribution in [0.2, 0.25) is 0 Å². The Balaban J connectivity index is 1.56. The van der Waals surface area contributed by atoms with Crippen molar-refractivity contribution in [2.45, 2.75) is 19.8 Å². The molecule has 0 radical (unpaired) electrons. The molecular weight excluding hydrogens is 366 g/mol. The first kappa shape index (κ1) is 19.3. The Hall–Kier alpha value is -2.99. The van der Waals surface area contributed by atoms with Crippen molar-refractivity contribution < 1.29 is 13.9 Å². The van der Waals surface area contributed by atoms with Crippen LogP contribution in [-0.4, -0.2) is 47.8 Å². The van der Waals surface area contributed by atoms with Gasteiger partial charge in [0.05, 0.1) is 12.5 Å². The minimum absolute atomic E-state index is 0.0273. The Kier molecular flexibility index (Phi) is 5.45. The number of aryl methyl sites for hydroxylation is 2. The van der Waals surface area contributed by atoms with Crippen molar-refractivity contribution in [2.75, 3.05) is 26.8 Å². The molecule has 1 amide bonds. The molecule has 1 saturated heterocycles. The smallest absolute Gasteiger partial charge is 0.253 e. The zero-order chi connectivity index (χ0) is 20.4. The maximum Gasteiger partial charge on any atom is 0.253 e. The zero-order valence-electron chi connectivity index (χ0n) is 17.0. The fraction of sp³-hybridized carbons (Fsp3) is 0.348. The van der Waals surface area contributed by atoms with Crippen molar-refractivity contribution in [2.24, 2.45) is 5.92 Å². The first-order chi connectivity index (χ1) is 14.1. The van der Waals surface area contributed by atoms with Crippen molar-refractivity contribution in [3.8, 4) is 11.5 Å². The number of aromatic nitrogens is 2. The molecule has 1 aromatic heterocycles. The topological polar surface area (TPSA) is 68.5 Å². The summed E-state index contributed by atoms with van der Waals surface area (Å²) in [4.78, 5) is 14.9. The number of methoxy groups -OCH3 is 1. The van der Waals surface area contributed by atoms with E-state index >= 15 is 0 Å². The minimum Gasteiger partial charge on any atom is -0.420 e. The lowest BCUT2D eigenvalue weighted by Crippen LogP contribution is -2.29. The van der Waals surface area contributed by atoms with Crippen LogP contribution in [0.5, 0.6) is 0 Å². The highest BCUT2D eigenvalue weighted by atomic mass is 16.5. The maximum atomic E-state index is 13.1. The molecule has 2 heterocycles. The van der Waals surface area contributed by atoms with Crippen LogP contribution in [0.15, 0.2) is 52.9 Å². The Morgan fingerprint density at radius 3 is 2.62 bits per heavy atom. The van der Waals surface area contributed by atoms with Crippen LogP contribution in [0.25, 0.3) is 11.5 Å². The fourth-order valence-electron chi connectivity index (χ4n) is 3.84. The molecule has 0 saturated carbocycles. The Labute approximate surface area is 170 Å². The number of carbonyl (C=O) groups excluding carboxylic acids is 1. The maximum absolute atomic E-state index is 13.1. The third-order valence-corrected chi connectivity index (χ3v) is 5.64. The number of hydrogen-bond donors (Lipinski definition) is 0. The molecule has 1 aliphatic rings. The third kappa shape index (κ3) is 3.93. The predicted octanol–water partition coefficient (Wildman–Crippen LogP) is 3.86. The average Bonchev–Trinajstić information content (AvgIpc) is 3.38. The van der Waals surface area contributed by atoms with E-state index in [0.29, 0.717) is 37.0 Å². The van der Waals surface area contributed by atoms with Gasteiger partial charge in [-0.15, -0.1) is 10.2 Å². The number of rotatable bonds is 5. The van der Waals surface area contributed by atoms with Crippen molar-refractivity contribution in [1.29, 1.82) is 0 Å². The van der Waals surface area contributed by atoms with Gasteiger partial charge in [0.2, 0.25) is 11.8 Å². The molecule has 6 nitrogen and oxygen atoms in total. The van der Waals surface area contributed by atoms with Gasteiger partial charge in [-0.25, -0.2) is 0 Å². The van der Waals surface area contributed by atoms with Gasteiger partial charge in [0, 0.05) is 37.2 Å². The molecule has 2 unspecified atom stereocenters. The summed E-state index contributed by atoms with van der Waals surface area (Å²) in [6.07, 6.45) is 0. The molecule has 1 aliphatic heterocycles. The average molecular weight is 391 g/mol. The van der Waals surface area contributed by atoms with Crippen LogP contribution >= 0.6 is 0 Å². The number of ether oxygens (including phenoxy) is 1. The van der Waals surface area contributed by atoms with Crippen molar-refractivity contribution in [3.05, 3.63) is 71.1 Å². The molecule has 0 N–H and O–H groups in total. The standard InChI is InChI=1S/C23H25N3O3/c1-15-9-10-18(11-16(15)2)23(27)26-12-19(14-28-3)20(13-26)22-25-24-21(29-22)17-7-5-4-6-8-17/h4-11,19-20H,12-14H2,1-3H3. The summed E-state index contributed by atoms with van der Waals surface area (Å²) in [7, 11) is 1.67. The van der Waals surface area contributed by atoms with E-state index in [0.717, 1.165) is 11.1 Å². The van der Waals surface area contributed by atoms with Crippen molar-refractivity contribution >= 4 is 5.91 Å². The summed E-state index contributed by atoms with van der Waals surface area (Å²) in [5.41, 5.74) is 3.89. The molecular formula is C23H25N3O3. The molecule has 4 rings (SSSR count). The first-order valence-corrected chi connectivity index (χ1v) is 9.81. The molecule has 0 spiro atoms. The van der Waals surface area contributed by atoms with Crippen LogP contribution in [-0.2, 0) is 4.74 Å². The second-order valence-corrected chi connectivity index (χ2v) is 7.64. The molecule has 0 aliphatic carbocycles. The van der Waals surface area contributed by atoms with E-state index in [1.54, 1.807) is 7.11 Å². The van der Waals surface area contributed by atoms with E-state index in [1.807, 2.05) is 67.3 Å². The van der Waals surface area contributed by atoms with E-state index in [-0.39, 0.29) is 17.7 Å². The van der Waals surface area contributed by atoms with Crippen LogP contribution in [0, 0.1) is 19.8 Å². The largest absolute Gasteiger partial charge is 0.420 e.